The van der Waals surface area contributed by atoms with E-state index in [1.807, 2.05) is 0 Å². The molecule has 0 amide bonds. The number of rotatable bonds is 0. The molecule has 1 saturated heterocycles. The maximum Gasteiger partial charge on any atom is 0.0941 e. The molecule has 1 nitrogen and oxygen atoms in total. The summed E-state index contributed by atoms with van der Waals surface area (Å²) in [6, 6.07) is 0. The van der Waals surface area contributed by atoms with E-state index in [2.05, 4.69) is 6.92 Å². The Labute approximate surface area is 50.0 Å². The fourth-order valence-electron chi connectivity index (χ4n) is 1.74. The third kappa shape index (κ3) is 0.455. The van der Waals surface area contributed by atoms with E-state index in [1.165, 1.54) is 19.3 Å². The monoisotopic (exact) mass is 112 g/mol. The van der Waals surface area contributed by atoms with Crippen molar-refractivity contribution in [2.75, 3.05) is 6.61 Å². The first-order valence-electron chi connectivity index (χ1n) is 3.47. The normalized spacial score (nSPS) is 52.9. The van der Waals surface area contributed by atoms with Gasteiger partial charge in [-0.25, -0.2) is 0 Å². The molecule has 8 heavy (non-hydrogen) atoms. The molecule has 0 N–H and O–H groups in total. The molecular formula is C7H12O. The number of hydrogen-bond acceptors (Lipinski definition) is 1. The van der Waals surface area contributed by atoms with Crippen molar-refractivity contribution in [3.63, 3.8) is 0 Å². The predicted octanol–water partition coefficient (Wildman–Crippen LogP) is 1.58. The van der Waals surface area contributed by atoms with Crippen LogP contribution in [0.4, 0.5) is 0 Å². The summed E-state index contributed by atoms with van der Waals surface area (Å²) in [5.74, 6) is 0.850. The fourth-order valence-corrected chi connectivity index (χ4v) is 1.74. The Bertz CT molecular complexity index is 105. The van der Waals surface area contributed by atoms with Gasteiger partial charge >= 0.3 is 0 Å². The minimum atomic E-state index is 0.403. The molecule has 2 rings (SSSR count). The van der Waals surface area contributed by atoms with Gasteiger partial charge in [-0.3, -0.25) is 0 Å². The molecule has 0 bridgehead atoms. The van der Waals surface area contributed by atoms with E-state index in [9.17, 15) is 0 Å². The lowest BCUT2D eigenvalue weighted by molar-refractivity contribution is 0.258. The van der Waals surface area contributed by atoms with E-state index in [0.717, 1.165) is 12.5 Å². The second-order valence-electron chi connectivity index (χ2n) is 3.15. The molecule has 0 radical (unpaired) electrons. The number of ether oxygens (including phenoxy) is 1. The summed E-state index contributed by atoms with van der Waals surface area (Å²) >= 11 is 0. The lowest BCUT2D eigenvalue weighted by atomic mass is 10.00. The van der Waals surface area contributed by atoms with E-state index < -0.39 is 0 Å². The van der Waals surface area contributed by atoms with E-state index in [4.69, 9.17) is 4.74 Å². The van der Waals surface area contributed by atoms with Crippen molar-refractivity contribution in [2.45, 2.75) is 31.8 Å². The van der Waals surface area contributed by atoms with Crippen LogP contribution in [0.3, 0.4) is 0 Å². The van der Waals surface area contributed by atoms with Gasteiger partial charge in [-0.05, 0) is 18.8 Å². The number of hydrogen-bond donors (Lipinski definition) is 0. The maximum absolute atomic E-state index is 5.37. The average molecular weight is 112 g/mol. The Morgan fingerprint density at radius 2 is 2.38 bits per heavy atom. The van der Waals surface area contributed by atoms with Gasteiger partial charge in [0.25, 0.3) is 0 Å². The standard InChI is InChI=1S/C7H12O/c1-6-3-2-4-7(6)5-8-7/h6H,2-5H2,1H3. The SMILES string of the molecule is CC1CCCC12CO2. The van der Waals surface area contributed by atoms with Crippen molar-refractivity contribution in [2.24, 2.45) is 5.92 Å². The molecular weight excluding hydrogens is 100 g/mol. The van der Waals surface area contributed by atoms with Crippen molar-refractivity contribution in [3.8, 4) is 0 Å². The highest BCUT2D eigenvalue weighted by molar-refractivity contribution is 5.00. The molecule has 2 atom stereocenters. The van der Waals surface area contributed by atoms with E-state index in [-0.39, 0.29) is 0 Å². The Kier molecular flexibility index (Phi) is 0.762. The summed E-state index contributed by atoms with van der Waals surface area (Å²) in [7, 11) is 0. The summed E-state index contributed by atoms with van der Waals surface area (Å²) in [4.78, 5) is 0. The van der Waals surface area contributed by atoms with Gasteiger partial charge in [0.2, 0.25) is 0 Å². The minimum absolute atomic E-state index is 0.403. The molecule has 1 heterocycles. The van der Waals surface area contributed by atoms with Crippen LogP contribution in [0.2, 0.25) is 0 Å². The largest absolute Gasteiger partial charge is 0.369 e. The first-order valence-corrected chi connectivity index (χ1v) is 3.47. The van der Waals surface area contributed by atoms with Crippen LogP contribution in [0.25, 0.3) is 0 Å². The Hall–Kier alpha value is -0.0400. The lowest BCUT2D eigenvalue weighted by Crippen LogP contribution is -2.12. The quantitative estimate of drug-likeness (QED) is 0.433. The van der Waals surface area contributed by atoms with Crippen molar-refractivity contribution < 1.29 is 4.74 Å². The van der Waals surface area contributed by atoms with Crippen molar-refractivity contribution in [3.05, 3.63) is 0 Å². The second-order valence-corrected chi connectivity index (χ2v) is 3.15. The van der Waals surface area contributed by atoms with Gasteiger partial charge in [0.05, 0.1) is 12.2 Å². The van der Waals surface area contributed by atoms with Crippen LogP contribution in [0.1, 0.15) is 26.2 Å². The Morgan fingerprint density at radius 3 is 2.62 bits per heavy atom. The molecule has 1 aliphatic heterocycles. The molecule has 1 aliphatic carbocycles. The zero-order chi connectivity index (χ0) is 5.61. The van der Waals surface area contributed by atoms with Gasteiger partial charge in [-0.2, -0.15) is 0 Å². The van der Waals surface area contributed by atoms with Crippen LogP contribution in [-0.4, -0.2) is 12.2 Å². The molecule has 1 heteroatoms. The highest BCUT2D eigenvalue weighted by Crippen LogP contribution is 2.47. The van der Waals surface area contributed by atoms with Crippen LogP contribution in [0.5, 0.6) is 0 Å². The third-order valence-electron chi connectivity index (χ3n) is 2.65. The lowest BCUT2D eigenvalue weighted by Gasteiger charge is -2.05. The molecule has 0 aromatic carbocycles. The number of epoxide rings is 1. The first-order chi connectivity index (χ1) is 3.83. The molecule has 0 aromatic heterocycles. The van der Waals surface area contributed by atoms with E-state index in [1.54, 1.807) is 0 Å². The van der Waals surface area contributed by atoms with Gasteiger partial charge in [0, 0.05) is 0 Å². The molecule has 1 saturated carbocycles. The minimum Gasteiger partial charge on any atom is -0.369 e. The van der Waals surface area contributed by atoms with Gasteiger partial charge < -0.3 is 4.74 Å². The average Bonchev–Trinajstić information content (AvgIpc) is 2.39. The van der Waals surface area contributed by atoms with Crippen LogP contribution >= 0.6 is 0 Å². The van der Waals surface area contributed by atoms with Crippen molar-refractivity contribution >= 4 is 0 Å². The van der Waals surface area contributed by atoms with E-state index in [0.29, 0.717) is 5.60 Å². The summed E-state index contributed by atoms with van der Waals surface area (Å²) in [6.07, 6.45) is 4.11. The van der Waals surface area contributed by atoms with E-state index >= 15 is 0 Å². The third-order valence-corrected chi connectivity index (χ3v) is 2.65. The van der Waals surface area contributed by atoms with Crippen molar-refractivity contribution in [1.82, 2.24) is 0 Å². The zero-order valence-electron chi connectivity index (χ0n) is 5.31. The van der Waals surface area contributed by atoms with Crippen LogP contribution < -0.4 is 0 Å². The predicted molar refractivity (Wildman–Crippen MR) is 31.7 cm³/mol. The molecule has 2 unspecified atom stereocenters. The summed E-state index contributed by atoms with van der Waals surface area (Å²) < 4.78 is 5.37. The molecule has 1 spiro atoms. The molecule has 0 aromatic rings. The van der Waals surface area contributed by atoms with Gasteiger partial charge in [-0.15, -0.1) is 0 Å². The first kappa shape index (κ1) is 4.80. The summed E-state index contributed by atoms with van der Waals surface area (Å²) in [5.41, 5.74) is 0.403. The van der Waals surface area contributed by atoms with Gasteiger partial charge in [0.1, 0.15) is 0 Å². The zero-order valence-corrected chi connectivity index (χ0v) is 5.31. The topological polar surface area (TPSA) is 12.5 Å². The maximum atomic E-state index is 5.37. The Morgan fingerprint density at radius 1 is 1.62 bits per heavy atom. The summed E-state index contributed by atoms with van der Waals surface area (Å²) in [6.45, 7) is 3.36. The second kappa shape index (κ2) is 1.27. The fraction of sp³-hybridized carbons (Fsp3) is 1.00. The van der Waals surface area contributed by atoms with Gasteiger partial charge in [0.15, 0.2) is 0 Å². The highest BCUT2D eigenvalue weighted by atomic mass is 16.6. The van der Waals surface area contributed by atoms with Crippen LogP contribution in [-0.2, 0) is 4.74 Å². The molecule has 2 aliphatic rings. The Balaban J connectivity index is 2.12. The van der Waals surface area contributed by atoms with Crippen LogP contribution in [0.15, 0.2) is 0 Å². The summed E-state index contributed by atoms with van der Waals surface area (Å²) in [5, 5.41) is 0. The van der Waals surface area contributed by atoms with Crippen LogP contribution in [0, 0.1) is 5.92 Å². The molecule has 46 valence electrons. The molecule has 2 fully saturated rings. The van der Waals surface area contributed by atoms with Gasteiger partial charge in [-0.1, -0.05) is 13.3 Å². The van der Waals surface area contributed by atoms with Crippen molar-refractivity contribution in [1.29, 1.82) is 0 Å². The highest BCUT2D eigenvalue weighted by Gasteiger charge is 2.51. The smallest absolute Gasteiger partial charge is 0.0941 e.